The number of methoxy groups -OCH3 is 1. The summed E-state index contributed by atoms with van der Waals surface area (Å²) in [4.78, 5) is 28.1. The van der Waals surface area contributed by atoms with Crippen molar-refractivity contribution < 1.29 is 14.3 Å². The number of carbonyl (C=O) groups is 2. The van der Waals surface area contributed by atoms with Crippen LogP contribution >= 0.6 is 0 Å². The molecule has 0 bridgehead atoms. The van der Waals surface area contributed by atoms with Crippen molar-refractivity contribution in [2.75, 3.05) is 32.1 Å². The first-order valence-corrected chi connectivity index (χ1v) is 11.0. The summed E-state index contributed by atoms with van der Waals surface area (Å²) in [6.07, 6.45) is 6.19. The van der Waals surface area contributed by atoms with Crippen LogP contribution in [0.15, 0.2) is 36.8 Å². The monoisotopic (exact) mass is 451 g/mol. The van der Waals surface area contributed by atoms with Gasteiger partial charge in [-0.2, -0.15) is 5.10 Å². The molecule has 4 rings (SSSR count). The van der Waals surface area contributed by atoms with Crippen LogP contribution in [0.5, 0.6) is 0 Å². The van der Waals surface area contributed by atoms with Crippen LogP contribution in [-0.4, -0.2) is 59.3 Å². The molecule has 0 aromatic carbocycles. The average Bonchev–Trinajstić information content (AvgIpc) is 3.45. The van der Waals surface area contributed by atoms with Gasteiger partial charge in [-0.05, 0) is 18.1 Å². The zero-order valence-electron chi connectivity index (χ0n) is 18.8. The minimum Gasteiger partial charge on any atom is -0.378 e. The molecule has 1 fully saturated rings. The number of hydrogen-bond acceptors (Lipinski definition) is 7. The van der Waals surface area contributed by atoms with E-state index in [-0.39, 0.29) is 18.6 Å². The molecule has 10 heteroatoms. The number of primary amides is 1. The Hall–Kier alpha value is -3.50. The SMILES string of the molecule is CCC1CNC[C@H]1Nc1c(C(N)=O)cnn2cc(-c3ccc(CNC(=O)COC)nc3)cc12. The summed E-state index contributed by atoms with van der Waals surface area (Å²) in [6.45, 7) is 4.27. The van der Waals surface area contributed by atoms with Crippen LogP contribution < -0.4 is 21.7 Å². The topological polar surface area (TPSA) is 136 Å². The summed E-state index contributed by atoms with van der Waals surface area (Å²) in [5, 5.41) is 14.1. The van der Waals surface area contributed by atoms with Crippen molar-refractivity contribution in [3.05, 3.63) is 48.0 Å². The quantitative estimate of drug-likeness (QED) is 0.383. The van der Waals surface area contributed by atoms with Gasteiger partial charge in [-0.1, -0.05) is 19.4 Å². The van der Waals surface area contributed by atoms with E-state index in [9.17, 15) is 9.59 Å². The fourth-order valence-electron chi connectivity index (χ4n) is 4.14. The largest absolute Gasteiger partial charge is 0.378 e. The van der Waals surface area contributed by atoms with Crippen molar-refractivity contribution in [1.29, 1.82) is 0 Å². The maximum atomic E-state index is 12.1. The molecule has 174 valence electrons. The predicted octanol–water partition coefficient (Wildman–Crippen LogP) is 1.17. The van der Waals surface area contributed by atoms with Gasteiger partial charge in [0.25, 0.3) is 5.91 Å². The third kappa shape index (κ3) is 4.96. The Labute approximate surface area is 191 Å². The molecule has 0 radical (unpaired) electrons. The number of amides is 2. The second-order valence-corrected chi connectivity index (χ2v) is 8.18. The molecule has 2 amide bonds. The van der Waals surface area contributed by atoms with Crippen LogP contribution in [0, 0.1) is 5.92 Å². The van der Waals surface area contributed by atoms with E-state index < -0.39 is 5.91 Å². The number of nitrogens with two attached hydrogens (primary N) is 1. The predicted molar refractivity (Wildman–Crippen MR) is 125 cm³/mol. The standard InChI is InChI=1S/C23H29N7O3/c1-3-14-7-25-11-19(14)29-22-18(23(24)32)10-28-30-12-16(6-20(22)30)15-4-5-17(26-8-15)9-27-21(31)13-33-2/h4-6,8,10,12,14,19,25,29H,3,7,9,11,13H2,1-2H3,(H2,24,32)(H,27,31)/t14?,19-/m1/s1. The first kappa shape index (κ1) is 22.7. The van der Waals surface area contributed by atoms with Crippen LogP contribution in [0.3, 0.4) is 0 Å². The summed E-state index contributed by atoms with van der Waals surface area (Å²) in [6, 6.07) is 5.98. The Balaban J connectivity index is 1.61. The molecule has 3 aromatic rings. The zero-order valence-corrected chi connectivity index (χ0v) is 18.8. The van der Waals surface area contributed by atoms with Crippen LogP contribution in [0.4, 0.5) is 5.69 Å². The Bertz CT molecular complexity index is 1140. The van der Waals surface area contributed by atoms with E-state index in [1.165, 1.54) is 13.3 Å². The van der Waals surface area contributed by atoms with Crippen LogP contribution in [0.25, 0.3) is 16.6 Å². The highest BCUT2D eigenvalue weighted by molar-refractivity contribution is 6.02. The first-order chi connectivity index (χ1) is 16.0. The molecule has 1 unspecified atom stereocenters. The lowest BCUT2D eigenvalue weighted by Crippen LogP contribution is -2.30. The molecule has 1 aliphatic rings. The molecule has 1 saturated heterocycles. The molecule has 33 heavy (non-hydrogen) atoms. The number of carbonyl (C=O) groups excluding carboxylic acids is 2. The Morgan fingerprint density at radius 2 is 2.12 bits per heavy atom. The molecular weight excluding hydrogens is 422 g/mol. The van der Waals surface area contributed by atoms with Gasteiger partial charge < -0.3 is 26.4 Å². The molecule has 1 aliphatic heterocycles. The van der Waals surface area contributed by atoms with E-state index in [1.807, 2.05) is 24.4 Å². The van der Waals surface area contributed by atoms with Crippen molar-refractivity contribution in [3.63, 3.8) is 0 Å². The van der Waals surface area contributed by atoms with Crippen LogP contribution in [0.2, 0.25) is 0 Å². The van der Waals surface area contributed by atoms with E-state index in [0.29, 0.717) is 23.7 Å². The molecule has 2 atom stereocenters. The van der Waals surface area contributed by atoms with E-state index in [1.54, 1.807) is 10.7 Å². The van der Waals surface area contributed by atoms with Gasteiger partial charge in [-0.15, -0.1) is 0 Å². The Kier molecular flexibility index (Phi) is 6.85. The fraction of sp³-hybridized carbons (Fsp3) is 0.391. The first-order valence-electron chi connectivity index (χ1n) is 11.0. The third-order valence-electron chi connectivity index (χ3n) is 6.00. The van der Waals surface area contributed by atoms with Gasteiger partial charge >= 0.3 is 0 Å². The van der Waals surface area contributed by atoms with Gasteiger partial charge in [-0.25, -0.2) is 4.52 Å². The van der Waals surface area contributed by atoms with Crippen LogP contribution in [-0.2, 0) is 16.1 Å². The van der Waals surface area contributed by atoms with E-state index >= 15 is 0 Å². The highest BCUT2D eigenvalue weighted by Crippen LogP contribution is 2.30. The van der Waals surface area contributed by atoms with Crippen LogP contribution in [0.1, 0.15) is 29.4 Å². The van der Waals surface area contributed by atoms with Gasteiger partial charge in [0.1, 0.15) is 6.61 Å². The fourth-order valence-corrected chi connectivity index (χ4v) is 4.14. The van der Waals surface area contributed by atoms with Crippen molar-refractivity contribution in [2.45, 2.75) is 25.9 Å². The summed E-state index contributed by atoms with van der Waals surface area (Å²) in [5.41, 5.74) is 10.0. The lowest BCUT2D eigenvalue weighted by molar-refractivity contribution is -0.124. The number of pyridine rings is 1. The molecule has 4 heterocycles. The molecule has 0 spiro atoms. The minimum atomic E-state index is -0.518. The van der Waals surface area contributed by atoms with Gasteiger partial charge in [-0.3, -0.25) is 14.6 Å². The van der Waals surface area contributed by atoms with Gasteiger partial charge in [0.15, 0.2) is 0 Å². The molecular formula is C23H29N7O3. The number of hydrogen-bond donors (Lipinski definition) is 4. The normalized spacial score (nSPS) is 17.9. The number of rotatable bonds is 9. The minimum absolute atomic E-state index is 0.0159. The lowest BCUT2D eigenvalue weighted by atomic mass is 10.00. The molecule has 5 N–H and O–H groups in total. The Morgan fingerprint density at radius 1 is 1.27 bits per heavy atom. The maximum Gasteiger partial charge on any atom is 0.252 e. The second kappa shape index (κ2) is 9.97. The molecule has 0 saturated carbocycles. The third-order valence-corrected chi connectivity index (χ3v) is 6.00. The summed E-state index contributed by atoms with van der Waals surface area (Å²) >= 11 is 0. The summed E-state index contributed by atoms with van der Waals surface area (Å²) < 4.78 is 6.55. The van der Waals surface area contributed by atoms with E-state index in [0.717, 1.165) is 41.8 Å². The number of ether oxygens (including phenoxy) is 1. The summed E-state index contributed by atoms with van der Waals surface area (Å²) in [7, 11) is 1.48. The highest BCUT2D eigenvalue weighted by Gasteiger charge is 2.27. The number of fused-ring (bicyclic) bond motifs is 1. The second-order valence-electron chi connectivity index (χ2n) is 8.18. The number of anilines is 1. The Morgan fingerprint density at radius 3 is 2.82 bits per heavy atom. The van der Waals surface area contributed by atoms with Crippen molar-refractivity contribution in [1.82, 2.24) is 25.2 Å². The van der Waals surface area contributed by atoms with Gasteiger partial charge in [0.2, 0.25) is 5.91 Å². The van der Waals surface area contributed by atoms with E-state index in [2.05, 4.69) is 33.0 Å². The molecule has 10 nitrogen and oxygen atoms in total. The number of aromatic nitrogens is 3. The lowest BCUT2D eigenvalue weighted by Gasteiger charge is -2.21. The zero-order chi connectivity index (χ0) is 23.4. The molecule has 3 aromatic heterocycles. The molecule has 0 aliphatic carbocycles. The van der Waals surface area contributed by atoms with Crippen molar-refractivity contribution >= 4 is 23.0 Å². The van der Waals surface area contributed by atoms with Crippen molar-refractivity contribution in [3.8, 4) is 11.1 Å². The summed E-state index contributed by atoms with van der Waals surface area (Å²) in [5.74, 6) is -0.244. The number of nitrogens with one attached hydrogen (secondary N) is 3. The van der Waals surface area contributed by atoms with Gasteiger partial charge in [0.05, 0.1) is 35.2 Å². The smallest absolute Gasteiger partial charge is 0.252 e. The number of nitrogens with zero attached hydrogens (tertiary/aromatic N) is 3. The van der Waals surface area contributed by atoms with Crippen molar-refractivity contribution in [2.24, 2.45) is 11.7 Å². The average molecular weight is 452 g/mol. The van der Waals surface area contributed by atoms with Gasteiger partial charge in [0, 0.05) is 49.8 Å². The van der Waals surface area contributed by atoms with E-state index in [4.69, 9.17) is 10.5 Å². The maximum absolute atomic E-state index is 12.1. The highest BCUT2D eigenvalue weighted by atomic mass is 16.5.